The maximum absolute atomic E-state index is 7.39. The standard InChI is InChI=1S/C12H14N4O/c1-7-9-5-4-6-10(17-3)11(9)16-12(14-7)15-8(2)13/h4-6H,1-3H3,(H2,13,14,15,16). The van der Waals surface area contributed by atoms with E-state index in [4.69, 9.17) is 10.1 Å². The van der Waals surface area contributed by atoms with E-state index < -0.39 is 0 Å². The number of para-hydroxylation sites is 1. The topological polar surface area (TPSA) is 70.9 Å². The van der Waals surface area contributed by atoms with Crippen LogP contribution in [0.4, 0.5) is 5.95 Å². The Labute approximate surface area is 99.4 Å². The average molecular weight is 230 g/mol. The first-order valence-corrected chi connectivity index (χ1v) is 5.25. The van der Waals surface area contributed by atoms with Crippen LogP contribution >= 0.6 is 0 Å². The van der Waals surface area contributed by atoms with Gasteiger partial charge in [0.1, 0.15) is 11.3 Å². The minimum atomic E-state index is 0.304. The normalized spacial score (nSPS) is 10.3. The molecule has 1 aromatic heterocycles. The molecule has 2 aromatic rings. The lowest BCUT2D eigenvalue weighted by Crippen LogP contribution is -2.09. The summed E-state index contributed by atoms with van der Waals surface area (Å²) in [5, 5.41) is 11.1. The molecule has 0 saturated carbocycles. The number of methoxy groups -OCH3 is 1. The van der Waals surface area contributed by atoms with Crippen LogP contribution < -0.4 is 10.1 Å². The highest BCUT2D eigenvalue weighted by Crippen LogP contribution is 2.25. The number of aromatic nitrogens is 2. The second-order valence-electron chi connectivity index (χ2n) is 3.74. The molecule has 0 amide bonds. The van der Waals surface area contributed by atoms with Crippen molar-refractivity contribution in [3.05, 3.63) is 23.9 Å². The zero-order valence-electron chi connectivity index (χ0n) is 10.0. The summed E-state index contributed by atoms with van der Waals surface area (Å²) >= 11 is 0. The molecule has 1 heterocycles. The van der Waals surface area contributed by atoms with Crippen LogP contribution in [0.1, 0.15) is 12.6 Å². The molecule has 0 aliphatic carbocycles. The van der Waals surface area contributed by atoms with Gasteiger partial charge >= 0.3 is 0 Å². The van der Waals surface area contributed by atoms with Gasteiger partial charge in [0.05, 0.1) is 18.6 Å². The number of hydrogen-bond donors (Lipinski definition) is 2. The lowest BCUT2D eigenvalue weighted by atomic mass is 10.2. The molecule has 0 fully saturated rings. The van der Waals surface area contributed by atoms with Gasteiger partial charge in [-0.3, -0.25) is 5.41 Å². The molecule has 0 radical (unpaired) electrons. The van der Waals surface area contributed by atoms with E-state index in [-0.39, 0.29) is 0 Å². The largest absolute Gasteiger partial charge is 0.494 e. The van der Waals surface area contributed by atoms with E-state index in [9.17, 15) is 0 Å². The minimum Gasteiger partial charge on any atom is -0.494 e. The number of ether oxygens (including phenoxy) is 1. The van der Waals surface area contributed by atoms with Crippen LogP contribution in [0.25, 0.3) is 10.9 Å². The van der Waals surface area contributed by atoms with E-state index in [1.165, 1.54) is 0 Å². The lowest BCUT2D eigenvalue weighted by Gasteiger charge is -2.09. The summed E-state index contributed by atoms with van der Waals surface area (Å²) in [6.07, 6.45) is 0. The fourth-order valence-electron chi connectivity index (χ4n) is 1.67. The van der Waals surface area contributed by atoms with Gasteiger partial charge in [-0.2, -0.15) is 0 Å². The fourth-order valence-corrected chi connectivity index (χ4v) is 1.67. The minimum absolute atomic E-state index is 0.304. The quantitative estimate of drug-likeness (QED) is 0.613. The van der Waals surface area contributed by atoms with Crippen molar-refractivity contribution in [2.24, 2.45) is 0 Å². The fraction of sp³-hybridized carbons (Fsp3) is 0.250. The Hall–Kier alpha value is -2.17. The van der Waals surface area contributed by atoms with Crippen LogP contribution in [-0.4, -0.2) is 22.9 Å². The molecule has 5 nitrogen and oxygen atoms in total. The van der Waals surface area contributed by atoms with Crippen LogP contribution in [0.15, 0.2) is 18.2 Å². The molecule has 0 spiro atoms. The summed E-state index contributed by atoms with van der Waals surface area (Å²) in [7, 11) is 1.61. The molecule has 2 rings (SSSR count). The van der Waals surface area contributed by atoms with Crippen molar-refractivity contribution in [2.45, 2.75) is 13.8 Å². The Kier molecular flexibility index (Phi) is 2.91. The van der Waals surface area contributed by atoms with Crippen LogP contribution in [0.5, 0.6) is 5.75 Å². The molecule has 1 aromatic carbocycles. The predicted molar refractivity (Wildman–Crippen MR) is 67.9 cm³/mol. The smallest absolute Gasteiger partial charge is 0.229 e. The number of amidine groups is 1. The number of benzene rings is 1. The van der Waals surface area contributed by atoms with E-state index in [0.717, 1.165) is 16.6 Å². The Bertz CT molecular complexity index is 580. The van der Waals surface area contributed by atoms with Crippen molar-refractivity contribution in [1.29, 1.82) is 5.41 Å². The third-order valence-corrected chi connectivity index (χ3v) is 2.40. The summed E-state index contributed by atoms with van der Waals surface area (Å²) in [5.41, 5.74) is 1.61. The number of rotatable bonds is 2. The van der Waals surface area contributed by atoms with Crippen molar-refractivity contribution >= 4 is 22.7 Å². The first-order valence-electron chi connectivity index (χ1n) is 5.25. The van der Waals surface area contributed by atoms with Crippen molar-refractivity contribution in [3.63, 3.8) is 0 Å². The summed E-state index contributed by atoms with van der Waals surface area (Å²) in [4.78, 5) is 8.66. The van der Waals surface area contributed by atoms with Crippen molar-refractivity contribution in [3.8, 4) is 5.75 Å². The molecule has 2 N–H and O–H groups in total. The first-order chi connectivity index (χ1) is 8.11. The van der Waals surface area contributed by atoms with Gasteiger partial charge in [-0.25, -0.2) is 9.97 Å². The van der Waals surface area contributed by atoms with Gasteiger partial charge in [0.25, 0.3) is 0 Å². The Morgan fingerprint density at radius 2 is 2.12 bits per heavy atom. The number of nitrogens with one attached hydrogen (secondary N) is 2. The molecule has 0 aliphatic heterocycles. The van der Waals surface area contributed by atoms with E-state index in [1.807, 2.05) is 25.1 Å². The van der Waals surface area contributed by atoms with Gasteiger partial charge in [0, 0.05) is 5.39 Å². The molecule has 17 heavy (non-hydrogen) atoms. The van der Waals surface area contributed by atoms with Crippen LogP contribution in [0.3, 0.4) is 0 Å². The molecule has 0 atom stereocenters. The number of fused-ring (bicyclic) bond motifs is 1. The number of aryl methyl sites for hydroxylation is 1. The lowest BCUT2D eigenvalue weighted by molar-refractivity contribution is 0.419. The molecule has 0 bridgehead atoms. The molecule has 0 saturated heterocycles. The van der Waals surface area contributed by atoms with E-state index in [1.54, 1.807) is 14.0 Å². The average Bonchev–Trinajstić information content (AvgIpc) is 2.27. The highest BCUT2D eigenvalue weighted by Gasteiger charge is 2.08. The molecule has 88 valence electrons. The van der Waals surface area contributed by atoms with Gasteiger partial charge in [0.2, 0.25) is 5.95 Å². The SMILES string of the molecule is COc1cccc2c(C)nc(NC(C)=N)nc12. The maximum Gasteiger partial charge on any atom is 0.229 e. The molecular formula is C12H14N4O. The number of nitrogens with zero attached hydrogens (tertiary/aromatic N) is 2. The molecule has 5 heteroatoms. The van der Waals surface area contributed by atoms with E-state index in [0.29, 0.717) is 17.5 Å². The van der Waals surface area contributed by atoms with Gasteiger partial charge < -0.3 is 10.1 Å². The number of anilines is 1. The summed E-state index contributed by atoms with van der Waals surface area (Å²) in [6.45, 7) is 3.55. The first kappa shape index (κ1) is 11.3. The molecule has 0 unspecified atom stereocenters. The van der Waals surface area contributed by atoms with Crippen molar-refractivity contribution in [1.82, 2.24) is 9.97 Å². The summed E-state index contributed by atoms with van der Waals surface area (Å²) in [5.74, 6) is 1.43. The third-order valence-electron chi connectivity index (χ3n) is 2.40. The maximum atomic E-state index is 7.39. The van der Waals surface area contributed by atoms with Crippen molar-refractivity contribution < 1.29 is 4.74 Å². The molecule has 0 aliphatic rings. The van der Waals surface area contributed by atoms with Gasteiger partial charge in [-0.05, 0) is 19.9 Å². The molecular weight excluding hydrogens is 216 g/mol. The van der Waals surface area contributed by atoms with Gasteiger partial charge in [-0.1, -0.05) is 12.1 Å². The van der Waals surface area contributed by atoms with E-state index >= 15 is 0 Å². The monoisotopic (exact) mass is 230 g/mol. The second kappa shape index (κ2) is 4.37. The van der Waals surface area contributed by atoms with Crippen LogP contribution in [0.2, 0.25) is 0 Å². The number of hydrogen-bond acceptors (Lipinski definition) is 4. The summed E-state index contributed by atoms with van der Waals surface area (Å²) in [6, 6.07) is 5.72. The Morgan fingerprint density at radius 3 is 2.76 bits per heavy atom. The summed E-state index contributed by atoms with van der Waals surface area (Å²) < 4.78 is 5.27. The van der Waals surface area contributed by atoms with Gasteiger partial charge in [-0.15, -0.1) is 0 Å². The van der Waals surface area contributed by atoms with Gasteiger partial charge in [0.15, 0.2) is 0 Å². The predicted octanol–water partition coefficient (Wildman–Crippen LogP) is 2.36. The zero-order valence-corrected chi connectivity index (χ0v) is 10.0. The Morgan fingerprint density at radius 1 is 1.35 bits per heavy atom. The van der Waals surface area contributed by atoms with Crippen molar-refractivity contribution in [2.75, 3.05) is 12.4 Å². The third kappa shape index (κ3) is 2.18. The van der Waals surface area contributed by atoms with Crippen LogP contribution in [0, 0.1) is 12.3 Å². The second-order valence-corrected chi connectivity index (χ2v) is 3.74. The Balaban J connectivity index is 2.65. The van der Waals surface area contributed by atoms with E-state index in [2.05, 4.69) is 15.3 Å². The zero-order chi connectivity index (χ0) is 12.4. The highest BCUT2D eigenvalue weighted by molar-refractivity contribution is 5.92. The highest BCUT2D eigenvalue weighted by atomic mass is 16.5. The van der Waals surface area contributed by atoms with Crippen LogP contribution in [-0.2, 0) is 0 Å².